The molecule has 2 aromatic carbocycles. The van der Waals surface area contributed by atoms with Crippen molar-refractivity contribution in [3.63, 3.8) is 0 Å². The van der Waals surface area contributed by atoms with E-state index >= 15 is 0 Å². The predicted octanol–water partition coefficient (Wildman–Crippen LogP) is 3.43. The minimum atomic E-state index is -4.14. The quantitative estimate of drug-likeness (QED) is 0.515. The zero-order valence-corrected chi connectivity index (χ0v) is 19.2. The number of aromatic nitrogens is 2. The predicted molar refractivity (Wildman–Crippen MR) is 118 cm³/mol. The largest absolute Gasteiger partial charge is 0.415 e. The molecular formula is C20H20F3N5O4S2. The Bertz CT molecular complexity index is 1370. The summed E-state index contributed by atoms with van der Waals surface area (Å²) in [6, 6.07) is 11.8. The van der Waals surface area contributed by atoms with Gasteiger partial charge in [-0.25, -0.2) is 8.60 Å². The third kappa shape index (κ3) is 5.08. The summed E-state index contributed by atoms with van der Waals surface area (Å²) in [6.07, 6.45) is -2.96. The SMILES string of the molecule is N=S1(=O)CCN(S(=O)(=O)N(Cc2ccc(-c3nnc(C(F)F)o3)cc2F)c2ccccc2)CC1. The second kappa shape index (κ2) is 9.35. The Labute approximate surface area is 194 Å². The van der Waals surface area contributed by atoms with Gasteiger partial charge in [0.15, 0.2) is 0 Å². The number of benzene rings is 2. The van der Waals surface area contributed by atoms with Crippen molar-refractivity contribution in [1.82, 2.24) is 14.5 Å². The molecule has 0 unspecified atom stereocenters. The average molecular weight is 516 g/mol. The molecule has 0 bridgehead atoms. The smallest absolute Gasteiger partial charge is 0.314 e. The normalized spacial score (nSPS) is 16.6. The third-order valence-corrected chi connectivity index (χ3v) is 8.83. The fourth-order valence-electron chi connectivity index (χ4n) is 3.39. The summed E-state index contributed by atoms with van der Waals surface area (Å²) in [5.74, 6) is -2.14. The van der Waals surface area contributed by atoms with Gasteiger partial charge in [-0.2, -0.15) is 21.5 Å². The molecule has 182 valence electrons. The summed E-state index contributed by atoms with van der Waals surface area (Å²) in [5, 5.41) is 6.69. The molecule has 1 aromatic heterocycles. The molecule has 14 heteroatoms. The van der Waals surface area contributed by atoms with Gasteiger partial charge in [-0.3, -0.25) is 9.08 Å². The summed E-state index contributed by atoms with van der Waals surface area (Å²) in [6.45, 7) is -0.532. The van der Waals surface area contributed by atoms with Crippen LogP contribution < -0.4 is 4.31 Å². The first kappa shape index (κ1) is 24.2. The minimum Gasteiger partial charge on any atom is -0.415 e. The van der Waals surface area contributed by atoms with Crippen molar-refractivity contribution in [3.05, 3.63) is 65.8 Å². The van der Waals surface area contributed by atoms with Crippen molar-refractivity contribution in [2.45, 2.75) is 13.0 Å². The number of hydrogen-bond donors (Lipinski definition) is 1. The number of nitrogens with one attached hydrogen (secondary N) is 1. The van der Waals surface area contributed by atoms with E-state index in [9.17, 15) is 25.8 Å². The van der Waals surface area contributed by atoms with Gasteiger partial charge in [0.2, 0.25) is 5.89 Å². The van der Waals surface area contributed by atoms with Crippen LogP contribution >= 0.6 is 0 Å². The van der Waals surface area contributed by atoms with E-state index < -0.39 is 38.1 Å². The molecule has 0 spiro atoms. The molecule has 1 aliphatic heterocycles. The number of anilines is 1. The van der Waals surface area contributed by atoms with Crippen LogP contribution in [0.1, 0.15) is 17.9 Å². The summed E-state index contributed by atoms with van der Waals surface area (Å²) in [4.78, 5) is 0. The maximum absolute atomic E-state index is 15.0. The molecule has 0 aliphatic carbocycles. The summed E-state index contributed by atoms with van der Waals surface area (Å²) >= 11 is 0. The van der Waals surface area contributed by atoms with Gasteiger partial charge in [-0.1, -0.05) is 24.3 Å². The fraction of sp³-hybridized carbons (Fsp3) is 0.300. The van der Waals surface area contributed by atoms with Crippen molar-refractivity contribution in [2.24, 2.45) is 0 Å². The molecule has 1 aliphatic rings. The highest BCUT2D eigenvalue weighted by atomic mass is 32.2. The van der Waals surface area contributed by atoms with Gasteiger partial charge in [0.25, 0.3) is 5.89 Å². The van der Waals surface area contributed by atoms with E-state index in [1.807, 2.05) is 0 Å². The second-order valence-electron chi connectivity index (χ2n) is 7.52. The van der Waals surface area contributed by atoms with E-state index in [0.717, 1.165) is 14.7 Å². The zero-order valence-electron chi connectivity index (χ0n) is 17.6. The second-order valence-corrected chi connectivity index (χ2v) is 11.8. The molecule has 1 fully saturated rings. The van der Waals surface area contributed by atoms with Crippen LogP contribution in [0.2, 0.25) is 0 Å². The molecule has 2 heterocycles. The summed E-state index contributed by atoms with van der Waals surface area (Å²) < 4.78 is 93.9. The minimum absolute atomic E-state index is 0.0195. The van der Waals surface area contributed by atoms with E-state index in [1.54, 1.807) is 30.3 Å². The molecule has 9 nitrogen and oxygen atoms in total. The number of para-hydroxylation sites is 1. The number of hydrogen-bond acceptors (Lipinski definition) is 7. The van der Waals surface area contributed by atoms with Crippen molar-refractivity contribution < 1.29 is 30.2 Å². The summed E-state index contributed by atoms with van der Waals surface area (Å²) in [7, 11) is -6.96. The van der Waals surface area contributed by atoms with E-state index in [4.69, 9.17) is 9.20 Å². The average Bonchev–Trinajstić information content (AvgIpc) is 3.29. The van der Waals surface area contributed by atoms with Gasteiger partial charge in [0.1, 0.15) is 5.82 Å². The van der Waals surface area contributed by atoms with Gasteiger partial charge in [0.05, 0.1) is 12.2 Å². The van der Waals surface area contributed by atoms with Crippen molar-refractivity contribution in [2.75, 3.05) is 28.9 Å². The van der Waals surface area contributed by atoms with E-state index in [2.05, 4.69) is 10.2 Å². The Morgan fingerprint density at radius 1 is 1.12 bits per heavy atom. The van der Waals surface area contributed by atoms with Crippen LogP contribution in [-0.4, -0.2) is 51.7 Å². The van der Waals surface area contributed by atoms with E-state index in [0.29, 0.717) is 5.69 Å². The first-order valence-electron chi connectivity index (χ1n) is 10.0. The molecule has 1 saturated heterocycles. The lowest BCUT2D eigenvalue weighted by Gasteiger charge is -2.34. The molecule has 4 rings (SSSR count). The Kier molecular flexibility index (Phi) is 6.64. The first-order valence-corrected chi connectivity index (χ1v) is 13.3. The van der Waals surface area contributed by atoms with Crippen LogP contribution in [-0.2, 0) is 26.5 Å². The number of alkyl halides is 2. The van der Waals surface area contributed by atoms with E-state index in [-0.39, 0.29) is 48.2 Å². The van der Waals surface area contributed by atoms with Crippen molar-refractivity contribution in [3.8, 4) is 11.5 Å². The Balaban J connectivity index is 1.64. The molecule has 0 saturated carbocycles. The molecule has 0 amide bonds. The van der Waals surface area contributed by atoms with Gasteiger partial charge >= 0.3 is 16.6 Å². The van der Waals surface area contributed by atoms with Crippen molar-refractivity contribution >= 4 is 25.6 Å². The van der Waals surface area contributed by atoms with Crippen LogP contribution in [0.15, 0.2) is 52.9 Å². The maximum atomic E-state index is 15.0. The topological polar surface area (TPSA) is 120 Å². The Hall–Kier alpha value is -2.97. The van der Waals surface area contributed by atoms with Crippen LogP contribution in [0.25, 0.3) is 11.5 Å². The van der Waals surface area contributed by atoms with Gasteiger partial charge in [0, 0.05) is 45.5 Å². The standard InChI is InChI=1S/C20H20F3N5O4S2/c21-17-12-14(19-25-26-20(32-19)18(22)23)6-7-15(17)13-28(16-4-2-1-3-5-16)34(30,31)27-8-10-33(24,29)11-9-27/h1-7,12,18,24H,8-11,13H2. The van der Waals surface area contributed by atoms with Gasteiger partial charge < -0.3 is 4.42 Å². The van der Waals surface area contributed by atoms with Crippen LogP contribution in [0.5, 0.6) is 0 Å². The zero-order chi connectivity index (χ0) is 24.5. The van der Waals surface area contributed by atoms with E-state index in [1.165, 1.54) is 12.1 Å². The molecule has 0 radical (unpaired) electrons. The number of nitrogens with zero attached hydrogens (tertiary/aromatic N) is 4. The van der Waals surface area contributed by atoms with Crippen LogP contribution in [0.3, 0.4) is 0 Å². The Morgan fingerprint density at radius 2 is 1.79 bits per heavy atom. The summed E-state index contributed by atoms with van der Waals surface area (Å²) in [5.41, 5.74) is 0.378. The fourth-order valence-corrected chi connectivity index (χ4v) is 6.46. The monoisotopic (exact) mass is 515 g/mol. The number of halogens is 3. The highest BCUT2D eigenvalue weighted by Crippen LogP contribution is 2.28. The lowest BCUT2D eigenvalue weighted by atomic mass is 10.1. The third-order valence-electron chi connectivity index (χ3n) is 5.23. The highest BCUT2D eigenvalue weighted by Gasteiger charge is 2.34. The molecule has 34 heavy (non-hydrogen) atoms. The van der Waals surface area contributed by atoms with Gasteiger partial charge in [-0.15, -0.1) is 10.2 Å². The number of rotatable bonds is 7. The molecule has 0 atom stereocenters. The van der Waals surface area contributed by atoms with Crippen LogP contribution in [0.4, 0.5) is 18.9 Å². The van der Waals surface area contributed by atoms with Crippen molar-refractivity contribution in [1.29, 1.82) is 4.78 Å². The van der Waals surface area contributed by atoms with Gasteiger partial charge in [-0.05, 0) is 24.3 Å². The molecular weight excluding hydrogens is 495 g/mol. The molecule has 3 aromatic rings. The first-order chi connectivity index (χ1) is 16.1. The lowest BCUT2D eigenvalue weighted by Crippen LogP contribution is -2.50. The van der Waals surface area contributed by atoms with Crippen LogP contribution in [0, 0.1) is 10.6 Å². The highest BCUT2D eigenvalue weighted by molar-refractivity contribution is 7.93. The maximum Gasteiger partial charge on any atom is 0.314 e. The Morgan fingerprint density at radius 3 is 2.38 bits per heavy atom. The lowest BCUT2D eigenvalue weighted by molar-refractivity contribution is 0.116. The molecule has 1 N–H and O–H groups in total.